The molecule has 4 atom stereocenters. The molecule has 2 heterocycles. The summed E-state index contributed by atoms with van der Waals surface area (Å²) in [6.07, 6.45) is -5.57. The Labute approximate surface area is 146 Å². The highest BCUT2D eigenvalue weighted by atomic mass is 16.5. The van der Waals surface area contributed by atoms with E-state index in [1.165, 1.54) is 0 Å². The minimum atomic E-state index is -2.99. The molecule has 5 nitrogen and oxygen atoms in total. The number of benzene rings is 1. The lowest BCUT2D eigenvalue weighted by Crippen LogP contribution is -2.76. The monoisotopic (exact) mass is 323 g/mol. The van der Waals surface area contributed by atoms with Crippen molar-refractivity contribution in [1.29, 1.82) is 0 Å². The van der Waals surface area contributed by atoms with Gasteiger partial charge in [-0.05, 0) is 44.5 Å². The van der Waals surface area contributed by atoms with E-state index < -0.39 is 60.5 Å². The third kappa shape index (κ3) is 1.32. The predicted molar refractivity (Wildman–Crippen MR) is 83.0 cm³/mol. The zero-order valence-corrected chi connectivity index (χ0v) is 12.5. The standard InChI is InChI=1S/C18H21NO4/c1-19-8-7-17-14-10-3-4-12(22-2)15(14)23-16(17)11(20)5-6-18(17,21)13(19)9-10/h3-4,13,16,21H,5-9H2,1-2H3/t13-,16?,17+,18-/m1/s1/i2D3,3D,4D,5D2,16D. The Balaban J connectivity index is 1.91. The summed E-state index contributed by atoms with van der Waals surface area (Å²) < 4.78 is 75.5. The normalized spacial score (nSPS) is 51.6. The predicted octanol–water partition coefficient (Wildman–Crippen LogP) is 1.05. The topological polar surface area (TPSA) is 59.0 Å². The zero-order valence-electron chi connectivity index (χ0n) is 20.5. The van der Waals surface area contributed by atoms with Crippen molar-refractivity contribution in [2.45, 2.75) is 48.8 Å². The lowest BCUT2D eigenvalue weighted by molar-refractivity contribution is -0.185. The smallest absolute Gasteiger partial charge is 0.174 e. The number of ether oxygens (including phenoxy) is 2. The van der Waals surface area contributed by atoms with Gasteiger partial charge in [-0.25, -0.2) is 0 Å². The number of likely N-dealkylation sites (N-methyl/N-ethyl adjacent to an activating group) is 1. The summed E-state index contributed by atoms with van der Waals surface area (Å²) in [4.78, 5) is 15.0. The molecule has 1 aromatic rings. The Kier molecular flexibility index (Phi) is 1.42. The van der Waals surface area contributed by atoms with Crippen molar-refractivity contribution >= 4 is 5.78 Å². The second-order valence-electron chi connectivity index (χ2n) is 6.76. The fourth-order valence-electron chi connectivity index (χ4n) is 4.92. The van der Waals surface area contributed by atoms with Crippen molar-refractivity contribution in [3.63, 3.8) is 0 Å². The largest absolute Gasteiger partial charge is 0.493 e. The molecule has 2 aliphatic carbocycles. The third-order valence-corrected chi connectivity index (χ3v) is 5.97. The maximum absolute atomic E-state index is 13.2. The van der Waals surface area contributed by atoms with Gasteiger partial charge in [0, 0.05) is 20.7 Å². The average molecular weight is 323 g/mol. The number of nitrogens with zero attached hydrogens (tertiary/aromatic N) is 1. The van der Waals surface area contributed by atoms with Crippen molar-refractivity contribution < 1.29 is 30.3 Å². The molecule has 1 aromatic carbocycles. The molecule has 122 valence electrons. The Morgan fingerprint density at radius 1 is 1.61 bits per heavy atom. The van der Waals surface area contributed by atoms with Crippen LogP contribution in [0.15, 0.2) is 12.1 Å². The molecular weight excluding hydrogens is 294 g/mol. The highest BCUT2D eigenvalue weighted by Crippen LogP contribution is 2.64. The first-order chi connectivity index (χ1) is 14.1. The minimum Gasteiger partial charge on any atom is -0.493 e. The number of carbonyl (C=O) groups is 1. The molecule has 2 fully saturated rings. The first kappa shape index (κ1) is 7.99. The van der Waals surface area contributed by atoms with Gasteiger partial charge >= 0.3 is 0 Å². The molecule has 1 saturated carbocycles. The number of carbonyl (C=O) groups excluding carboxylic acids is 1. The highest BCUT2D eigenvalue weighted by Gasteiger charge is 2.72. The second kappa shape index (κ2) is 4.08. The van der Waals surface area contributed by atoms with Gasteiger partial charge in [-0.2, -0.15) is 0 Å². The van der Waals surface area contributed by atoms with E-state index in [0.29, 0.717) is 12.1 Å². The molecule has 0 amide bonds. The van der Waals surface area contributed by atoms with Crippen LogP contribution >= 0.6 is 0 Å². The quantitative estimate of drug-likeness (QED) is 0.837. The lowest BCUT2D eigenvalue weighted by Gasteiger charge is -2.62. The number of aliphatic hydroxyl groups is 1. The van der Waals surface area contributed by atoms with Gasteiger partial charge in [0.15, 0.2) is 23.4 Å². The molecule has 2 bridgehead atoms. The van der Waals surface area contributed by atoms with Gasteiger partial charge in [-0.3, -0.25) is 4.79 Å². The van der Waals surface area contributed by atoms with E-state index in [4.69, 9.17) is 20.4 Å². The Morgan fingerprint density at radius 3 is 3.30 bits per heavy atom. The summed E-state index contributed by atoms with van der Waals surface area (Å²) in [5.41, 5.74) is -3.16. The van der Waals surface area contributed by atoms with Gasteiger partial charge in [-0.15, -0.1) is 0 Å². The number of likely N-dealkylation sites (tertiary alicyclic amines) is 1. The molecule has 23 heavy (non-hydrogen) atoms. The zero-order chi connectivity index (χ0) is 22.9. The molecule has 5 heteroatoms. The van der Waals surface area contributed by atoms with Crippen molar-refractivity contribution in [1.82, 2.24) is 4.90 Å². The molecule has 5 rings (SSSR count). The van der Waals surface area contributed by atoms with Crippen molar-refractivity contribution in [3.05, 3.63) is 23.2 Å². The Bertz CT molecular complexity index is 1040. The first-order valence-corrected chi connectivity index (χ1v) is 7.63. The lowest BCUT2D eigenvalue weighted by atomic mass is 9.49. The van der Waals surface area contributed by atoms with Crippen molar-refractivity contribution in [3.8, 4) is 11.5 Å². The molecule has 4 aliphatic rings. The number of piperidine rings is 1. The van der Waals surface area contributed by atoms with Gasteiger partial charge in [0.1, 0.15) is 0 Å². The van der Waals surface area contributed by atoms with Crippen LogP contribution in [0.3, 0.4) is 0 Å². The molecule has 2 aliphatic heterocycles. The average Bonchev–Trinajstić information content (AvgIpc) is 2.90. The number of ketones is 1. The van der Waals surface area contributed by atoms with E-state index in [9.17, 15) is 9.90 Å². The summed E-state index contributed by atoms with van der Waals surface area (Å²) >= 11 is 0. The molecule has 0 aromatic heterocycles. The van der Waals surface area contributed by atoms with E-state index in [2.05, 4.69) is 0 Å². The van der Waals surface area contributed by atoms with Crippen LogP contribution in [0.4, 0.5) is 0 Å². The van der Waals surface area contributed by atoms with E-state index in [0.717, 1.165) is 0 Å². The van der Waals surface area contributed by atoms with Gasteiger partial charge in [0.05, 0.1) is 26.3 Å². The number of hydrogen-bond acceptors (Lipinski definition) is 5. The van der Waals surface area contributed by atoms with Gasteiger partial charge in [0.25, 0.3) is 0 Å². The summed E-state index contributed by atoms with van der Waals surface area (Å²) in [5, 5.41) is 12.0. The van der Waals surface area contributed by atoms with Crippen LogP contribution in [-0.2, 0) is 16.6 Å². The van der Waals surface area contributed by atoms with Gasteiger partial charge in [-0.1, -0.05) is 6.04 Å². The maximum atomic E-state index is 13.2. The number of rotatable bonds is 1. The minimum absolute atomic E-state index is 0.0613. The van der Waals surface area contributed by atoms with Crippen LogP contribution in [0.25, 0.3) is 0 Å². The van der Waals surface area contributed by atoms with Crippen LogP contribution in [0.2, 0.25) is 0 Å². The summed E-state index contributed by atoms with van der Waals surface area (Å²) in [5.74, 6) is -2.09. The fraction of sp³-hybridized carbons (Fsp3) is 0.611. The number of methoxy groups -OCH3 is 1. The van der Waals surface area contributed by atoms with Crippen molar-refractivity contribution in [2.75, 3.05) is 20.6 Å². The molecule has 1 spiro atoms. The van der Waals surface area contributed by atoms with Crippen LogP contribution < -0.4 is 9.47 Å². The van der Waals surface area contributed by atoms with Crippen LogP contribution in [-0.4, -0.2) is 54.1 Å². The molecule has 1 N–H and O–H groups in total. The third-order valence-electron chi connectivity index (χ3n) is 5.97. The molecule has 1 unspecified atom stereocenters. The Morgan fingerprint density at radius 2 is 2.48 bits per heavy atom. The van der Waals surface area contributed by atoms with Crippen molar-refractivity contribution in [2.24, 2.45) is 0 Å². The van der Waals surface area contributed by atoms with E-state index >= 15 is 0 Å². The van der Waals surface area contributed by atoms with E-state index in [-0.39, 0.29) is 30.2 Å². The van der Waals surface area contributed by atoms with E-state index in [1.54, 1.807) is 7.05 Å². The Hall–Kier alpha value is -1.59. The molecule has 1 saturated heterocycles. The molecular formula is C18H21NO4. The van der Waals surface area contributed by atoms with Crippen LogP contribution in [0.1, 0.15) is 41.3 Å². The van der Waals surface area contributed by atoms with Gasteiger partial charge < -0.3 is 19.5 Å². The summed E-state index contributed by atoms with van der Waals surface area (Å²) in [7, 11) is -1.25. The number of hydrogen-bond donors (Lipinski definition) is 1. The van der Waals surface area contributed by atoms with E-state index in [1.807, 2.05) is 4.90 Å². The second-order valence-corrected chi connectivity index (χ2v) is 6.76. The fourth-order valence-corrected chi connectivity index (χ4v) is 4.92. The van der Waals surface area contributed by atoms with Crippen LogP contribution in [0.5, 0.6) is 11.5 Å². The number of Topliss-reactive ketones (excluding diaryl/α,β-unsaturated/α-hetero) is 1. The molecule has 0 radical (unpaired) electrons. The summed E-state index contributed by atoms with van der Waals surface area (Å²) in [6, 6.07) is -1.58. The summed E-state index contributed by atoms with van der Waals surface area (Å²) in [6.45, 7) is 0.373. The first-order valence-electron chi connectivity index (χ1n) is 11.6. The van der Waals surface area contributed by atoms with Gasteiger partial charge in [0.2, 0.25) is 0 Å². The SMILES string of the molecule is [2H]c1c([2H])c(OC([2H])([2H])[2H])c2c3c1C[C@H]1N(C)CC[C@@]34C([2H])(O2)C(=O)C([2H])([2H])C[C@@]14O. The highest BCUT2D eigenvalue weighted by molar-refractivity contribution is 5.90. The van der Waals surface area contributed by atoms with Crippen LogP contribution in [0, 0.1) is 0 Å². The maximum Gasteiger partial charge on any atom is 0.174 e.